The van der Waals surface area contributed by atoms with Gasteiger partial charge in [0, 0.05) is 5.56 Å². The Hall–Kier alpha value is -1.81. The number of aliphatic hydroxyl groups excluding tert-OH is 3. The Balaban J connectivity index is 2.04. The van der Waals surface area contributed by atoms with Crippen LogP contribution in [0.2, 0.25) is 0 Å². The SMILES string of the molecule is Nc1ncnc2c([C@@H]3N[C@H](CO)[C@@H](O)[C@H]3O)cnn12. The molecule has 0 aromatic carbocycles. The molecule has 0 aliphatic carbocycles. The average Bonchev–Trinajstić information content (AvgIpc) is 2.94. The van der Waals surface area contributed by atoms with Crippen molar-refractivity contribution < 1.29 is 15.3 Å². The third-order valence-corrected chi connectivity index (χ3v) is 3.39. The molecule has 2 aromatic heterocycles. The Morgan fingerprint density at radius 2 is 2.11 bits per heavy atom. The van der Waals surface area contributed by atoms with E-state index in [2.05, 4.69) is 20.4 Å². The maximum Gasteiger partial charge on any atom is 0.224 e. The van der Waals surface area contributed by atoms with Gasteiger partial charge >= 0.3 is 0 Å². The molecule has 4 atom stereocenters. The van der Waals surface area contributed by atoms with Crippen LogP contribution in [0, 0.1) is 0 Å². The number of hydrogen-bond acceptors (Lipinski definition) is 8. The fourth-order valence-electron chi connectivity index (χ4n) is 2.37. The Morgan fingerprint density at radius 1 is 1.32 bits per heavy atom. The van der Waals surface area contributed by atoms with Gasteiger partial charge in [-0.3, -0.25) is 0 Å². The minimum Gasteiger partial charge on any atom is -0.395 e. The molecule has 9 nitrogen and oxygen atoms in total. The predicted molar refractivity (Wildman–Crippen MR) is 64.0 cm³/mol. The fourth-order valence-corrected chi connectivity index (χ4v) is 2.37. The van der Waals surface area contributed by atoms with Crippen molar-refractivity contribution in [3.05, 3.63) is 18.1 Å². The lowest BCUT2D eigenvalue weighted by Gasteiger charge is -2.14. The van der Waals surface area contributed by atoms with Gasteiger partial charge in [0.2, 0.25) is 5.95 Å². The summed E-state index contributed by atoms with van der Waals surface area (Å²) in [6.07, 6.45) is 0.704. The van der Waals surface area contributed by atoms with Crippen LogP contribution >= 0.6 is 0 Å². The van der Waals surface area contributed by atoms with Gasteiger partial charge in [-0.15, -0.1) is 0 Å². The molecule has 0 bridgehead atoms. The Kier molecular flexibility index (Phi) is 2.82. The predicted octanol–water partition coefficient (Wildman–Crippen LogP) is -2.57. The molecule has 9 heteroatoms. The van der Waals surface area contributed by atoms with Gasteiger partial charge in [-0.25, -0.2) is 9.97 Å². The smallest absolute Gasteiger partial charge is 0.224 e. The van der Waals surface area contributed by atoms with E-state index in [0.717, 1.165) is 0 Å². The van der Waals surface area contributed by atoms with Gasteiger partial charge in [-0.05, 0) is 0 Å². The van der Waals surface area contributed by atoms with Crippen LogP contribution in [0.3, 0.4) is 0 Å². The number of nitrogen functional groups attached to an aromatic ring is 1. The van der Waals surface area contributed by atoms with Gasteiger partial charge in [0.15, 0.2) is 5.65 Å². The number of anilines is 1. The molecule has 0 unspecified atom stereocenters. The summed E-state index contributed by atoms with van der Waals surface area (Å²) >= 11 is 0. The van der Waals surface area contributed by atoms with Crippen molar-refractivity contribution in [2.75, 3.05) is 12.3 Å². The molecule has 2 aromatic rings. The van der Waals surface area contributed by atoms with Crippen LogP contribution in [-0.2, 0) is 0 Å². The summed E-state index contributed by atoms with van der Waals surface area (Å²) in [7, 11) is 0. The zero-order valence-electron chi connectivity index (χ0n) is 9.88. The van der Waals surface area contributed by atoms with E-state index in [0.29, 0.717) is 11.2 Å². The maximum absolute atomic E-state index is 10.0. The van der Waals surface area contributed by atoms with Gasteiger partial charge in [0.25, 0.3) is 0 Å². The average molecular weight is 266 g/mol. The quantitative estimate of drug-likeness (QED) is 0.399. The van der Waals surface area contributed by atoms with Gasteiger partial charge < -0.3 is 26.4 Å². The molecule has 1 aliphatic rings. The molecule has 1 aliphatic heterocycles. The Bertz CT molecular complexity index is 602. The van der Waals surface area contributed by atoms with Crippen LogP contribution in [0.15, 0.2) is 12.5 Å². The summed E-state index contributed by atoms with van der Waals surface area (Å²) in [5, 5.41) is 35.9. The summed E-state index contributed by atoms with van der Waals surface area (Å²) in [4.78, 5) is 7.88. The van der Waals surface area contributed by atoms with Crippen molar-refractivity contribution in [3.8, 4) is 0 Å². The standard InChI is InChI=1S/C10H14N6O3/c11-10-13-3-12-9-4(1-14-16(9)10)6-8(19)7(18)5(2-17)15-6/h1,3,5-8,15,17-19H,2H2,(H2,11,12,13)/t5-,6+,7-,8+/m1/s1. The first-order valence-electron chi connectivity index (χ1n) is 5.80. The van der Waals surface area contributed by atoms with E-state index in [1.807, 2.05) is 0 Å². The number of rotatable bonds is 2. The van der Waals surface area contributed by atoms with Crippen molar-refractivity contribution >= 4 is 11.6 Å². The first kappa shape index (κ1) is 12.2. The van der Waals surface area contributed by atoms with Crippen LogP contribution in [0.1, 0.15) is 11.6 Å². The molecule has 19 heavy (non-hydrogen) atoms. The first-order valence-corrected chi connectivity index (χ1v) is 5.80. The second kappa shape index (κ2) is 4.38. The summed E-state index contributed by atoms with van der Waals surface area (Å²) in [5.74, 6) is 0.183. The lowest BCUT2D eigenvalue weighted by atomic mass is 10.0. The van der Waals surface area contributed by atoms with E-state index in [4.69, 9.17) is 10.8 Å². The zero-order chi connectivity index (χ0) is 13.6. The second-order valence-electron chi connectivity index (χ2n) is 4.48. The normalized spacial score (nSPS) is 31.1. The molecule has 6 N–H and O–H groups in total. The third kappa shape index (κ3) is 1.75. The molecule has 1 saturated heterocycles. The number of aliphatic hydroxyl groups is 3. The van der Waals surface area contributed by atoms with E-state index in [1.165, 1.54) is 17.0 Å². The van der Waals surface area contributed by atoms with Crippen LogP contribution in [0.25, 0.3) is 5.65 Å². The molecule has 3 heterocycles. The van der Waals surface area contributed by atoms with Crippen molar-refractivity contribution in [1.82, 2.24) is 24.9 Å². The van der Waals surface area contributed by atoms with Gasteiger partial charge in [0.1, 0.15) is 12.4 Å². The molecule has 0 amide bonds. The van der Waals surface area contributed by atoms with Crippen LogP contribution in [-0.4, -0.2) is 59.8 Å². The lowest BCUT2D eigenvalue weighted by molar-refractivity contribution is 0.0195. The van der Waals surface area contributed by atoms with E-state index >= 15 is 0 Å². The molecule has 3 rings (SSSR count). The van der Waals surface area contributed by atoms with Crippen LogP contribution in [0.4, 0.5) is 5.95 Å². The van der Waals surface area contributed by atoms with Crippen molar-refractivity contribution in [1.29, 1.82) is 0 Å². The summed E-state index contributed by atoms with van der Waals surface area (Å²) < 4.78 is 1.35. The highest BCUT2D eigenvalue weighted by molar-refractivity contribution is 5.51. The number of nitrogens with two attached hydrogens (primary N) is 1. The molecule has 0 saturated carbocycles. The van der Waals surface area contributed by atoms with Crippen molar-refractivity contribution in [2.24, 2.45) is 0 Å². The highest BCUT2D eigenvalue weighted by atomic mass is 16.3. The van der Waals surface area contributed by atoms with Crippen LogP contribution in [0.5, 0.6) is 0 Å². The fraction of sp³-hybridized carbons (Fsp3) is 0.500. The van der Waals surface area contributed by atoms with Gasteiger partial charge in [-0.2, -0.15) is 9.61 Å². The number of nitrogens with zero attached hydrogens (tertiary/aromatic N) is 4. The van der Waals surface area contributed by atoms with E-state index < -0.39 is 24.3 Å². The molecule has 0 spiro atoms. The van der Waals surface area contributed by atoms with Crippen molar-refractivity contribution in [3.63, 3.8) is 0 Å². The Labute approximate surface area is 107 Å². The van der Waals surface area contributed by atoms with E-state index in [1.54, 1.807) is 0 Å². The van der Waals surface area contributed by atoms with Gasteiger partial charge in [-0.1, -0.05) is 0 Å². The lowest BCUT2D eigenvalue weighted by Crippen LogP contribution is -2.35. The van der Waals surface area contributed by atoms with Crippen molar-refractivity contribution in [2.45, 2.75) is 24.3 Å². The Morgan fingerprint density at radius 3 is 2.79 bits per heavy atom. The summed E-state index contributed by atoms with van der Waals surface area (Å²) in [6, 6.07) is -1.16. The van der Waals surface area contributed by atoms with E-state index in [-0.39, 0.29) is 12.6 Å². The van der Waals surface area contributed by atoms with E-state index in [9.17, 15) is 10.2 Å². The molecule has 1 fully saturated rings. The highest BCUT2D eigenvalue weighted by Crippen LogP contribution is 2.29. The topological polar surface area (TPSA) is 142 Å². The van der Waals surface area contributed by atoms with Gasteiger partial charge in [0.05, 0.1) is 31.0 Å². The monoisotopic (exact) mass is 266 g/mol. The minimum absolute atomic E-state index is 0.183. The molecule has 102 valence electrons. The number of fused-ring (bicyclic) bond motifs is 1. The number of nitrogens with one attached hydrogen (secondary N) is 1. The zero-order valence-corrected chi connectivity index (χ0v) is 9.88. The maximum atomic E-state index is 10.0. The third-order valence-electron chi connectivity index (χ3n) is 3.39. The summed E-state index contributed by atoms with van der Waals surface area (Å²) in [5.41, 5.74) is 6.71. The minimum atomic E-state index is -1.05. The largest absolute Gasteiger partial charge is 0.395 e. The molecular weight excluding hydrogens is 252 g/mol. The molecular formula is C10H14N6O3. The highest BCUT2D eigenvalue weighted by Gasteiger charge is 2.42. The second-order valence-corrected chi connectivity index (χ2v) is 4.48. The number of aromatic nitrogens is 4. The molecule has 0 radical (unpaired) electrons. The summed E-state index contributed by atoms with van der Waals surface area (Å²) in [6.45, 7) is -0.273. The number of hydrogen-bond donors (Lipinski definition) is 5. The first-order chi connectivity index (χ1) is 9.13. The van der Waals surface area contributed by atoms with Crippen LogP contribution < -0.4 is 11.1 Å².